The Hall–Kier alpha value is -2.66. The zero-order valence-corrected chi connectivity index (χ0v) is 26.4. The number of carbonyl (C=O) groups excluding carboxylic acids is 1. The molecule has 0 bridgehead atoms. The van der Waals surface area contributed by atoms with Crippen molar-refractivity contribution in [1.29, 1.82) is 0 Å². The van der Waals surface area contributed by atoms with Crippen molar-refractivity contribution >= 4 is 39.9 Å². The molecule has 3 aromatic rings. The fraction of sp³-hybridized carbons (Fsp3) is 0.406. The van der Waals surface area contributed by atoms with E-state index in [-0.39, 0.29) is 42.9 Å². The summed E-state index contributed by atoms with van der Waals surface area (Å²) in [6.45, 7) is 0.842. The number of sulfonamides is 1. The van der Waals surface area contributed by atoms with Crippen molar-refractivity contribution < 1.29 is 28.2 Å². The minimum atomic E-state index is -3.88. The fourth-order valence-electron chi connectivity index (χ4n) is 5.02. The van der Waals surface area contributed by atoms with Gasteiger partial charge in [0.25, 0.3) is 5.91 Å². The van der Waals surface area contributed by atoms with E-state index < -0.39 is 22.0 Å². The Morgan fingerprint density at radius 3 is 2.42 bits per heavy atom. The van der Waals surface area contributed by atoms with Gasteiger partial charge in [-0.15, -0.1) is 12.4 Å². The molecule has 0 spiro atoms. The lowest BCUT2D eigenvalue weighted by atomic mass is 9.97. The summed E-state index contributed by atoms with van der Waals surface area (Å²) >= 11 is 6.01. The van der Waals surface area contributed by atoms with Gasteiger partial charge < -0.3 is 20.3 Å². The summed E-state index contributed by atoms with van der Waals surface area (Å²) < 4.78 is 33.0. The minimum absolute atomic E-state index is 0. The second-order valence-corrected chi connectivity index (χ2v) is 12.9. The van der Waals surface area contributed by atoms with E-state index in [1.807, 2.05) is 36.4 Å². The topological polar surface area (TPSA) is 125 Å². The number of halogens is 2. The van der Waals surface area contributed by atoms with Crippen LogP contribution in [0.15, 0.2) is 66.7 Å². The first-order valence-electron chi connectivity index (χ1n) is 14.4. The second-order valence-electron chi connectivity index (χ2n) is 10.6. The third kappa shape index (κ3) is 10.8. The summed E-state index contributed by atoms with van der Waals surface area (Å²) in [5.41, 5.74) is 3.87. The Morgan fingerprint density at radius 2 is 1.72 bits per heavy atom. The zero-order chi connectivity index (χ0) is 30.0. The van der Waals surface area contributed by atoms with Crippen molar-refractivity contribution in [3.05, 3.63) is 88.4 Å². The van der Waals surface area contributed by atoms with Crippen LogP contribution in [0.5, 0.6) is 5.75 Å². The van der Waals surface area contributed by atoms with E-state index >= 15 is 0 Å². The Labute approximate surface area is 265 Å². The molecule has 11 heteroatoms. The van der Waals surface area contributed by atoms with Crippen molar-refractivity contribution in [3.8, 4) is 16.9 Å². The number of amides is 1. The van der Waals surface area contributed by atoms with Crippen LogP contribution in [0.2, 0.25) is 5.02 Å². The highest BCUT2D eigenvalue weighted by Gasteiger charge is 2.23. The maximum absolute atomic E-state index is 13.0. The number of ether oxygens (including phenoxy) is 1. The Kier molecular flexibility index (Phi) is 13.8. The molecular weight excluding hydrogens is 611 g/mol. The van der Waals surface area contributed by atoms with Crippen molar-refractivity contribution in [1.82, 2.24) is 10.0 Å². The molecule has 0 saturated heterocycles. The van der Waals surface area contributed by atoms with Gasteiger partial charge in [0.1, 0.15) is 5.75 Å². The number of hydrogen-bond donors (Lipinski definition) is 4. The number of benzene rings is 3. The smallest absolute Gasteiger partial charge is 0.268 e. The van der Waals surface area contributed by atoms with Crippen molar-refractivity contribution in [2.24, 2.45) is 0 Å². The predicted molar refractivity (Wildman–Crippen MR) is 173 cm³/mol. The molecule has 0 heterocycles. The summed E-state index contributed by atoms with van der Waals surface area (Å²) in [5, 5.41) is 23.2. The van der Waals surface area contributed by atoms with Gasteiger partial charge in [0.15, 0.2) is 0 Å². The van der Waals surface area contributed by atoms with E-state index in [0.29, 0.717) is 23.9 Å². The number of aliphatic hydroxyl groups is 2. The van der Waals surface area contributed by atoms with Gasteiger partial charge in [0.05, 0.1) is 23.5 Å². The van der Waals surface area contributed by atoms with Gasteiger partial charge in [-0.2, -0.15) is 0 Å². The van der Waals surface area contributed by atoms with Crippen LogP contribution in [0.3, 0.4) is 0 Å². The van der Waals surface area contributed by atoms with Crippen LogP contribution in [0, 0.1) is 0 Å². The first-order valence-corrected chi connectivity index (χ1v) is 16.5. The molecule has 0 radical (unpaired) electrons. The van der Waals surface area contributed by atoms with Gasteiger partial charge in [-0.1, -0.05) is 60.5 Å². The first-order chi connectivity index (χ1) is 20.2. The molecule has 1 aliphatic carbocycles. The van der Waals surface area contributed by atoms with Gasteiger partial charge in [-0.25, -0.2) is 13.1 Å². The van der Waals surface area contributed by atoms with Crippen molar-refractivity contribution in [3.63, 3.8) is 0 Å². The fourth-order valence-corrected chi connectivity index (χ4v) is 6.22. The number of nitrogens with one attached hydrogen (secondary N) is 2. The number of rotatable bonds is 14. The highest BCUT2D eigenvalue weighted by atomic mass is 35.5. The van der Waals surface area contributed by atoms with Gasteiger partial charge >= 0.3 is 0 Å². The van der Waals surface area contributed by atoms with Gasteiger partial charge in [-0.05, 0) is 91.6 Å². The molecule has 1 amide bonds. The Balaban J connectivity index is 0.00000506. The molecule has 0 aliphatic heterocycles. The number of carbonyl (C=O) groups is 1. The lowest BCUT2D eigenvalue weighted by Crippen LogP contribution is -2.33. The molecule has 1 aliphatic rings. The maximum atomic E-state index is 13.0. The molecule has 3 aromatic carbocycles. The van der Waals surface area contributed by atoms with Crippen LogP contribution in [0.25, 0.3) is 11.1 Å². The molecule has 4 N–H and O–H groups in total. The van der Waals surface area contributed by atoms with Crippen LogP contribution in [0.4, 0.5) is 0 Å². The second kappa shape index (κ2) is 17.0. The summed E-state index contributed by atoms with van der Waals surface area (Å²) in [6, 6.07) is 20.5. The van der Waals surface area contributed by atoms with E-state index in [1.54, 1.807) is 30.3 Å². The standard InChI is InChI=1S/C32H39ClN2O6S.ClH/c33-27-7-4-6-26(20-27)30(37)22-34-17-16-23-10-12-24(13-11-23)25-14-15-29(32(38)35-42(39,40)19-5-18-36)31(21-25)41-28-8-2-1-3-9-28;/h4,6-7,10-15,20-21,28,30,34,36-37H,1-3,5,8-9,16-19,22H2,(H,35,38);1H/t30-;/m1./s1. The van der Waals surface area contributed by atoms with E-state index in [9.17, 15) is 18.3 Å². The van der Waals surface area contributed by atoms with Crippen LogP contribution in [-0.2, 0) is 16.4 Å². The minimum Gasteiger partial charge on any atom is -0.490 e. The Morgan fingerprint density at radius 1 is 1.00 bits per heavy atom. The zero-order valence-electron chi connectivity index (χ0n) is 24.0. The molecule has 4 rings (SSSR count). The van der Waals surface area contributed by atoms with Gasteiger partial charge in [-0.3, -0.25) is 4.79 Å². The molecule has 8 nitrogen and oxygen atoms in total. The van der Waals surface area contributed by atoms with Crippen molar-refractivity contribution in [2.75, 3.05) is 25.4 Å². The maximum Gasteiger partial charge on any atom is 0.268 e. The molecule has 0 unspecified atom stereocenters. The molecule has 1 saturated carbocycles. The third-order valence-corrected chi connectivity index (χ3v) is 8.90. The van der Waals surface area contributed by atoms with Crippen LogP contribution in [-0.4, -0.2) is 56.1 Å². The lowest BCUT2D eigenvalue weighted by molar-refractivity contribution is 0.0969. The molecule has 1 atom stereocenters. The monoisotopic (exact) mass is 650 g/mol. The Bertz CT molecular complexity index is 1430. The van der Waals surface area contributed by atoms with Crippen molar-refractivity contribution in [2.45, 2.75) is 57.2 Å². The van der Waals surface area contributed by atoms with E-state index in [4.69, 9.17) is 21.4 Å². The van der Waals surface area contributed by atoms with E-state index in [0.717, 1.165) is 60.8 Å². The normalized spacial score (nSPS) is 14.5. The largest absolute Gasteiger partial charge is 0.490 e. The van der Waals surface area contributed by atoms with Gasteiger partial charge in [0, 0.05) is 18.2 Å². The van der Waals surface area contributed by atoms with Gasteiger partial charge in [0.2, 0.25) is 10.0 Å². The first kappa shape index (κ1) is 34.8. The highest BCUT2D eigenvalue weighted by Crippen LogP contribution is 2.31. The van der Waals surface area contributed by atoms with E-state index in [1.165, 1.54) is 0 Å². The quantitative estimate of drug-likeness (QED) is 0.171. The number of aliphatic hydroxyl groups excluding tert-OH is 2. The highest BCUT2D eigenvalue weighted by molar-refractivity contribution is 7.90. The molecule has 1 fully saturated rings. The van der Waals surface area contributed by atoms with Crippen LogP contribution >= 0.6 is 24.0 Å². The summed E-state index contributed by atoms with van der Waals surface area (Å²) in [6.07, 6.45) is 5.19. The average molecular weight is 652 g/mol. The summed E-state index contributed by atoms with van der Waals surface area (Å²) in [7, 11) is -3.88. The molecule has 0 aromatic heterocycles. The van der Waals surface area contributed by atoms with Crippen LogP contribution in [0.1, 0.15) is 66.1 Å². The molecule has 234 valence electrons. The van der Waals surface area contributed by atoms with Crippen LogP contribution < -0.4 is 14.8 Å². The predicted octanol–water partition coefficient (Wildman–Crippen LogP) is 5.45. The summed E-state index contributed by atoms with van der Waals surface area (Å²) in [4.78, 5) is 13.0. The van der Waals surface area contributed by atoms with E-state index in [2.05, 4.69) is 10.0 Å². The SMILES string of the molecule is Cl.O=C(NS(=O)(=O)CCCO)c1ccc(-c2ccc(CCNC[C@@H](O)c3cccc(Cl)c3)cc2)cc1OC1CCCCC1. The number of hydrogen-bond acceptors (Lipinski definition) is 7. The summed E-state index contributed by atoms with van der Waals surface area (Å²) in [5.74, 6) is -0.717. The molecular formula is C32H40Cl2N2O6S. The lowest BCUT2D eigenvalue weighted by Gasteiger charge is -2.24. The molecule has 43 heavy (non-hydrogen) atoms. The third-order valence-electron chi connectivity index (χ3n) is 7.34. The average Bonchev–Trinajstić information content (AvgIpc) is 2.99.